The second-order valence-corrected chi connectivity index (χ2v) is 10.7. The molecular formula is C25H29N3O2S2. The van der Waals surface area contributed by atoms with Gasteiger partial charge in [0.05, 0.1) is 21.7 Å². The van der Waals surface area contributed by atoms with Gasteiger partial charge in [-0.2, -0.15) is 0 Å². The van der Waals surface area contributed by atoms with Crippen LogP contribution in [0, 0.1) is 0 Å². The van der Waals surface area contributed by atoms with Gasteiger partial charge in [0, 0.05) is 31.6 Å². The van der Waals surface area contributed by atoms with E-state index in [0.29, 0.717) is 14.8 Å². The molecule has 1 aliphatic carbocycles. The molecule has 3 aliphatic rings. The van der Waals surface area contributed by atoms with Crippen LogP contribution in [-0.4, -0.2) is 38.8 Å². The molecule has 1 amide bonds. The number of pyridine rings is 1. The Hall–Kier alpha value is -2.12. The van der Waals surface area contributed by atoms with Crippen molar-refractivity contribution in [3.63, 3.8) is 0 Å². The monoisotopic (exact) mass is 467 g/mol. The number of hydrogen-bond donors (Lipinski definition) is 0. The van der Waals surface area contributed by atoms with E-state index < -0.39 is 0 Å². The highest BCUT2D eigenvalue weighted by atomic mass is 32.2. The number of thiocarbonyl (C=S) groups is 1. The maximum Gasteiger partial charge on any atom is 0.266 e. The molecule has 3 heterocycles. The Kier molecular flexibility index (Phi) is 6.12. The Morgan fingerprint density at radius 2 is 1.69 bits per heavy atom. The van der Waals surface area contributed by atoms with E-state index in [0.717, 1.165) is 68.2 Å². The van der Waals surface area contributed by atoms with Crippen LogP contribution in [0.3, 0.4) is 0 Å². The lowest BCUT2D eigenvalue weighted by atomic mass is 9.94. The quantitative estimate of drug-likeness (QED) is 0.466. The third kappa shape index (κ3) is 3.79. The molecule has 32 heavy (non-hydrogen) atoms. The molecular weight excluding hydrogens is 438 g/mol. The number of rotatable bonds is 3. The second kappa shape index (κ2) is 9.02. The summed E-state index contributed by atoms with van der Waals surface area (Å²) in [6, 6.07) is 8.27. The minimum atomic E-state index is -0.0628. The molecule has 5 rings (SSSR count). The first kappa shape index (κ1) is 21.7. The molecule has 0 spiro atoms. The van der Waals surface area contributed by atoms with E-state index >= 15 is 0 Å². The fourth-order valence-corrected chi connectivity index (χ4v) is 6.74. The highest BCUT2D eigenvalue weighted by molar-refractivity contribution is 8.26. The first-order chi connectivity index (χ1) is 15.6. The van der Waals surface area contributed by atoms with E-state index in [4.69, 9.17) is 12.2 Å². The summed E-state index contributed by atoms with van der Waals surface area (Å²) in [6.45, 7) is 1.86. The zero-order valence-electron chi connectivity index (χ0n) is 18.5. The molecule has 1 aromatic carbocycles. The number of benzene rings is 1. The largest absolute Gasteiger partial charge is 0.370 e. The van der Waals surface area contributed by atoms with Gasteiger partial charge < -0.3 is 9.47 Å². The maximum absolute atomic E-state index is 13.5. The summed E-state index contributed by atoms with van der Waals surface area (Å²) >= 11 is 6.97. The zero-order chi connectivity index (χ0) is 22.2. The summed E-state index contributed by atoms with van der Waals surface area (Å²) in [5, 5.41) is 1.06. The molecule has 0 atom stereocenters. The Bertz CT molecular complexity index is 1160. The average molecular weight is 468 g/mol. The van der Waals surface area contributed by atoms with Crippen LogP contribution >= 0.6 is 24.0 Å². The van der Waals surface area contributed by atoms with Gasteiger partial charge in [-0.3, -0.25) is 14.5 Å². The van der Waals surface area contributed by atoms with Gasteiger partial charge in [0.2, 0.25) is 0 Å². The van der Waals surface area contributed by atoms with Crippen molar-refractivity contribution in [1.82, 2.24) is 9.47 Å². The van der Waals surface area contributed by atoms with Crippen LogP contribution < -0.4 is 10.5 Å². The molecule has 2 aliphatic heterocycles. The molecule has 5 nitrogen and oxygen atoms in total. The van der Waals surface area contributed by atoms with Crippen molar-refractivity contribution in [1.29, 1.82) is 0 Å². The molecule has 2 aromatic rings. The predicted molar refractivity (Wildman–Crippen MR) is 137 cm³/mol. The predicted octanol–water partition coefficient (Wildman–Crippen LogP) is 5.06. The van der Waals surface area contributed by atoms with E-state index in [1.54, 1.807) is 4.57 Å². The van der Waals surface area contributed by atoms with Crippen molar-refractivity contribution in [2.45, 2.75) is 57.4 Å². The summed E-state index contributed by atoms with van der Waals surface area (Å²) in [5.74, 6) is -0.0355. The number of para-hydroxylation sites is 1. The molecule has 168 valence electrons. The SMILES string of the molecule is Cn1c(=O)c(C=C2SC(=S)N(C3CCCCC3)C2=O)c(N2CCCCC2)c2ccccc21. The lowest BCUT2D eigenvalue weighted by Gasteiger charge is -2.31. The summed E-state index contributed by atoms with van der Waals surface area (Å²) < 4.78 is 2.33. The van der Waals surface area contributed by atoms with Crippen LogP contribution in [0.25, 0.3) is 17.0 Å². The van der Waals surface area contributed by atoms with Gasteiger partial charge in [-0.25, -0.2) is 0 Å². The minimum absolute atomic E-state index is 0.0355. The van der Waals surface area contributed by atoms with Crippen molar-refractivity contribution >= 4 is 56.9 Å². The van der Waals surface area contributed by atoms with Crippen LogP contribution in [0.5, 0.6) is 0 Å². The van der Waals surface area contributed by atoms with E-state index in [2.05, 4.69) is 11.0 Å². The number of amides is 1. The molecule has 7 heteroatoms. The summed E-state index contributed by atoms with van der Waals surface area (Å²) in [7, 11) is 1.81. The fraction of sp³-hybridized carbons (Fsp3) is 0.480. The third-order valence-electron chi connectivity index (χ3n) is 7.02. The molecule has 1 saturated carbocycles. The number of nitrogens with zero attached hydrogens (tertiary/aromatic N) is 3. The molecule has 3 fully saturated rings. The molecule has 1 aromatic heterocycles. The topological polar surface area (TPSA) is 45.6 Å². The van der Waals surface area contributed by atoms with Crippen LogP contribution in [0.1, 0.15) is 56.9 Å². The number of thioether (sulfide) groups is 1. The van der Waals surface area contributed by atoms with Crippen molar-refractivity contribution in [2.24, 2.45) is 7.05 Å². The number of carbonyl (C=O) groups is 1. The average Bonchev–Trinajstić information content (AvgIpc) is 3.11. The zero-order valence-corrected chi connectivity index (χ0v) is 20.1. The summed E-state index contributed by atoms with van der Waals surface area (Å²) in [6.07, 6.45) is 10.8. The minimum Gasteiger partial charge on any atom is -0.370 e. The summed E-state index contributed by atoms with van der Waals surface area (Å²) in [4.78, 5) is 31.6. The Morgan fingerprint density at radius 3 is 2.44 bits per heavy atom. The van der Waals surface area contributed by atoms with Crippen molar-refractivity contribution in [3.8, 4) is 0 Å². The molecule has 0 unspecified atom stereocenters. The number of hydrogen-bond acceptors (Lipinski definition) is 5. The number of piperidine rings is 1. The summed E-state index contributed by atoms with van der Waals surface area (Å²) in [5.41, 5.74) is 2.43. The number of aryl methyl sites for hydroxylation is 1. The molecule has 0 bridgehead atoms. The number of aromatic nitrogens is 1. The van der Waals surface area contributed by atoms with Gasteiger partial charge in [-0.1, -0.05) is 61.4 Å². The molecule has 0 radical (unpaired) electrons. The van der Waals surface area contributed by atoms with E-state index in [-0.39, 0.29) is 17.5 Å². The Balaban J connectivity index is 1.63. The fourth-order valence-electron chi connectivity index (χ4n) is 5.36. The third-order valence-corrected chi connectivity index (χ3v) is 8.35. The lowest BCUT2D eigenvalue weighted by molar-refractivity contribution is -0.124. The van der Waals surface area contributed by atoms with E-state index in [9.17, 15) is 9.59 Å². The van der Waals surface area contributed by atoms with E-state index in [1.165, 1.54) is 24.6 Å². The van der Waals surface area contributed by atoms with Gasteiger partial charge in [-0.15, -0.1) is 0 Å². The van der Waals surface area contributed by atoms with Gasteiger partial charge in [0.25, 0.3) is 11.5 Å². The van der Waals surface area contributed by atoms with Crippen LogP contribution in [0.4, 0.5) is 5.69 Å². The maximum atomic E-state index is 13.5. The number of anilines is 1. The first-order valence-corrected chi connectivity index (χ1v) is 12.9. The number of fused-ring (bicyclic) bond motifs is 1. The molecule has 0 N–H and O–H groups in total. The molecule has 2 saturated heterocycles. The Labute approximate surface area is 198 Å². The lowest BCUT2D eigenvalue weighted by Crippen LogP contribution is -2.39. The first-order valence-electron chi connectivity index (χ1n) is 11.7. The Morgan fingerprint density at radius 1 is 1.00 bits per heavy atom. The smallest absolute Gasteiger partial charge is 0.266 e. The highest BCUT2D eigenvalue weighted by Crippen LogP contribution is 2.39. The van der Waals surface area contributed by atoms with Gasteiger partial charge >= 0.3 is 0 Å². The standard InChI is InChI=1S/C25H29N3O2S2/c1-26-20-13-7-6-12-18(20)22(27-14-8-3-9-15-27)19(23(26)29)16-21-24(30)28(25(31)32-21)17-10-4-2-5-11-17/h6-7,12-13,16-17H,2-5,8-11,14-15H2,1H3. The van der Waals surface area contributed by atoms with E-state index in [1.807, 2.05) is 36.2 Å². The van der Waals surface area contributed by atoms with Gasteiger partial charge in [-0.05, 0) is 44.2 Å². The van der Waals surface area contributed by atoms with Crippen LogP contribution in [0.15, 0.2) is 34.0 Å². The number of carbonyl (C=O) groups excluding carboxylic acids is 1. The normalized spacial score (nSPS) is 21.8. The van der Waals surface area contributed by atoms with Crippen LogP contribution in [-0.2, 0) is 11.8 Å². The second-order valence-electron chi connectivity index (χ2n) is 9.03. The van der Waals surface area contributed by atoms with Gasteiger partial charge in [0.1, 0.15) is 4.32 Å². The van der Waals surface area contributed by atoms with Crippen molar-refractivity contribution in [2.75, 3.05) is 18.0 Å². The van der Waals surface area contributed by atoms with Crippen LogP contribution in [0.2, 0.25) is 0 Å². The van der Waals surface area contributed by atoms with Gasteiger partial charge in [0.15, 0.2) is 0 Å². The van der Waals surface area contributed by atoms with Crippen molar-refractivity contribution in [3.05, 3.63) is 45.1 Å². The van der Waals surface area contributed by atoms with Crippen molar-refractivity contribution < 1.29 is 4.79 Å². The highest BCUT2D eigenvalue weighted by Gasteiger charge is 2.38.